The molecule has 1 saturated heterocycles. The first kappa shape index (κ1) is 24.7. The molecular weight excluding hydrogens is 460 g/mol. The highest BCUT2D eigenvalue weighted by Crippen LogP contribution is 2.57. The summed E-state index contributed by atoms with van der Waals surface area (Å²) in [6.07, 6.45) is 12.1. The molecule has 0 radical (unpaired) electrons. The second-order valence-corrected chi connectivity index (χ2v) is 12.4. The van der Waals surface area contributed by atoms with Crippen LogP contribution in [-0.4, -0.2) is 47.4 Å². The lowest BCUT2D eigenvalue weighted by molar-refractivity contribution is -0.130. The number of hydrogen-bond acceptors (Lipinski definition) is 5. The van der Waals surface area contributed by atoms with Gasteiger partial charge in [-0.25, -0.2) is 0 Å². The molecule has 0 aromatic heterocycles. The number of nitrogens with one attached hydrogen (secondary N) is 1. The molecule has 4 bridgehead atoms. The van der Waals surface area contributed by atoms with Crippen LogP contribution in [0, 0.1) is 29.6 Å². The van der Waals surface area contributed by atoms with Crippen LogP contribution in [-0.2, 0) is 16.0 Å². The lowest BCUT2D eigenvalue weighted by Gasteiger charge is -2.54. The highest BCUT2D eigenvalue weighted by Gasteiger charge is 2.47. The number of benzene rings is 1. The number of unbranched alkanes of at least 4 members (excludes halogenated alkanes) is 1. The summed E-state index contributed by atoms with van der Waals surface area (Å²) >= 11 is 1.04. The van der Waals surface area contributed by atoms with Crippen LogP contribution in [0.4, 0.5) is 4.79 Å². The maximum atomic E-state index is 12.6. The molecule has 3 amide bonds. The molecule has 5 aliphatic rings. The summed E-state index contributed by atoms with van der Waals surface area (Å²) in [4.78, 5) is 37.3. The molecule has 35 heavy (non-hydrogen) atoms. The predicted molar refractivity (Wildman–Crippen MR) is 137 cm³/mol. The highest BCUT2D eigenvalue weighted by atomic mass is 32.2. The van der Waals surface area contributed by atoms with E-state index in [0.717, 1.165) is 59.1 Å². The van der Waals surface area contributed by atoms with E-state index < -0.39 is 0 Å². The van der Waals surface area contributed by atoms with Crippen molar-refractivity contribution in [1.29, 1.82) is 0 Å². The molecule has 1 heterocycles. The number of imide groups is 1. The van der Waals surface area contributed by atoms with Crippen molar-refractivity contribution < 1.29 is 19.1 Å². The van der Waals surface area contributed by atoms with E-state index in [1.165, 1.54) is 44.9 Å². The van der Waals surface area contributed by atoms with Crippen LogP contribution in [0.3, 0.4) is 0 Å². The minimum Gasteiger partial charge on any atom is -0.492 e. The zero-order valence-electron chi connectivity index (χ0n) is 20.7. The third kappa shape index (κ3) is 6.04. The van der Waals surface area contributed by atoms with Crippen molar-refractivity contribution >= 4 is 28.8 Å². The maximum Gasteiger partial charge on any atom is 0.286 e. The molecule has 1 aromatic carbocycles. The van der Waals surface area contributed by atoms with E-state index in [-0.39, 0.29) is 22.3 Å². The lowest BCUT2D eigenvalue weighted by Crippen LogP contribution is -2.44. The fourth-order valence-electron chi connectivity index (χ4n) is 7.25. The minimum atomic E-state index is -0.359. The third-order valence-electron chi connectivity index (χ3n) is 8.83. The Morgan fingerprint density at radius 3 is 2.34 bits per heavy atom. The van der Waals surface area contributed by atoms with Gasteiger partial charge in [-0.15, -0.1) is 0 Å². The van der Waals surface area contributed by atoms with Gasteiger partial charge in [-0.2, -0.15) is 0 Å². The molecule has 5 fully saturated rings. The van der Waals surface area contributed by atoms with Crippen LogP contribution >= 0.6 is 11.8 Å². The number of rotatable bonds is 11. The van der Waals surface area contributed by atoms with E-state index in [9.17, 15) is 14.4 Å². The van der Waals surface area contributed by atoms with Crippen molar-refractivity contribution in [2.75, 3.05) is 20.2 Å². The van der Waals surface area contributed by atoms with Crippen molar-refractivity contribution in [3.05, 3.63) is 29.8 Å². The lowest BCUT2D eigenvalue weighted by atomic mass is 9.51. The summed E-state index contributed by atoms with van der Waals surface area (Å²) in [6, 6.07) is 7.59. The fraction of sp³-hybridized carbons (Fsp3) is 0.679. The summed E-state index contributed by atoms with van der Waals surface area (Å²) < 4.78 is 5.82. The Labute approximate surface area is 212 Å². The van der Waals surface area contributed by atoms with Gasteiger partial charge in [0.15, 0.2) is 0 Å². The van der Waals surface area contributed by atoms with Crippen molar-refractivity contribution in [3.8, 4) is 5.75 Å². The molecular formula is C28H38N2O4S. The predicted octanol–water partition coefficient (Wildman–Crippen LogP) is 5.05. The molecule has 1 N–H and O–H groups in total. The number of carbonyl (C=O) groups excluding carboxylic acids is 3. The Morgan fingerprint density at radius 1 is 1.03 bits per heavy atom. The summed E-state index contributed by atoms with van der Waals surface area (Å²) in [5, 5.41) is 1.68. The van der Waals surface area contributed by atoms with Crippen LogP contribution in [0.2, 0.25) is 0 Å². The van der Waals surface area contributed by atoms with Gasteiger partial charge in [-0.05, 0) is 98.7 Å². The first-order valence-electron chi connectivity index (χ1n) is 13.4. The van der Waals surface area contributed by atoms with Crippen molar-refractivity contribution in [2.45, 2.75) is 69.5 Å². The average molecular weight is 499 g/mol. The number of nitrogens with zero attached hydrogens (tertiary/aromatic N) is 1. The van der Waals surface area contributed by atoms with Crippen LogP contribution in [0.5, 0.6) is 5.75 Å². The molecule has 0 spiro atoms. The first-order valence-corrected chi connectivity index (χ1v) is 14.3. The summed E-state index contributed by atoms with van der Waals surface area (Å²) in [6.45, 7) is 1.02. The standard InChI is InChI=1S/C28H38N2O4S/c1-30(10-11-34-23-8-6-18(7-9-23)17-25-27(32)29-28(33)35-25)26(31)5-3-2-4-24-21-13-19-12-20(15-21)16-22(24)14-19/h6-9,19-22,24-25H,2-5,10-17H2,1H3,(H,29,32,33). The van der Waals surface area contributed by atoms with E-state index in [1.54, 1.807) is 4.90 Å². The molecule has 4 aliphatic carbocycles. The maximum absolute atomic E-state index is 12.6. The number of hydrogen-bond donors (Lipinski definition) is 1. The first-order chi connectivity index (χ1) is 16.9. The second kappa shape index (κ2) is 10.9. The molecule has 4 saturated carbocycles. The molecule has 7 heteroatoms. The monoisotopic (exact) mass is 498 g/mol. The van der Waals surface area contributed by atoms with Crippen molar-refractivity contribution in [2.24, 2.45) is 29.6 Å². The Hall–Kier alpha value is -2.02. The molecule has 1 aliphatic heterocycles. The van der Waals surface area contributed by atoms with E-state index in [2.05, 4.69) is 5.32 Å². The Bertz CT molecular complexity index is 905. The number of ether oxygens (including phenoxy) is 1. The third-order valence-corrected chi connectivity index (χ3v) is 9.81. The molecule has 6 rings (SSSR count). The summed E-state index contributed by atoms with van der Waals surface area (Å²) in [5.41, 5.74) is 0.987. The minimum absolute atomic E-state index is 0.205. The van der Waals surface area contributed by atoms with E-state index in [4.69, 9.17) is 4.74 Å². The zero-order chi connectivity index (χ0) is 24.4. The van der Waals surface area contributed by atoms with Crippen LogP contribution in [0.15, 0.2) is 24.3 Å². The molecule has 1 aromatic rings. The molecule has 6 nitrogen and oxygen atoms in total. The number of amides is 3. The van der Waals surface area contributed by atoms with E-state index in [0.29, 0.717) is 26.0 Å². The molecule has 190 valence electrons. The van der Waals surface area contributed by atoms with Gasteiger partial charge in [-0.3, -0.25) is 19.7 Å². The van der Waals surface area contributed by atoms with E-state index >= 15 is 0 Å². The van der Waals surface area contributed by atoms with Crippen LogP contribution in [0.25, 0.3) is 0 Å². The second-order valence-electron chi connectivity index (χ2n) is 11.2. The van der Waals surface area contributed by atoms with Crippen molar-refractivity contribution in [1.82, 2.24) is 10.2 Å². The van der Waals surface area contributed by atoms with Gasteiger partial charge in [0.05, 0.1) is 11.8 Å². The van der Waals surface area contributed by atoms with Crippen molar-refractivity contribution in [3.63, 3.8) is 0 Å². The largest absolute Gasteiger partial charge is 0.492 e. The Kier molecular flexibility index (Phi) is 7.71. The van der Waals surface area contributed by atoms with Gasteiger partial charge < -0.3 is 9.64 Å². The SMILES string of the molecule is CN(CCOc1ccc(CC2SC(=O)NC2=O)cc1)C(=O)CCCCC1C2CC3CC(C2)CC1C3. The summed E-state index contributed by atoms with van der Waals surface area (Å²) in [5.74, 6) is 5.71. The van der Waals surface area contributed by atoms with Gasteiger partial charge in [0, 0.05) is 13.5 Å². The Balaban J connectivity index is 0.958. The number of likely N-dealkylation sites (N-methyl/N-ethyl adjacent to an activating group) is 1. The smallest absolute Gasteiger partial charge is 0.286 e. The van der Waals surface area contributed by atoms with Gasteiger partial charge in [-0.1, -0.05) is 30.3 Å². The fourth-order valence-corrected chi connectivity index (χ4v) is 8.10. The van der Waals surface area contributed by atoms with E-state index in [1.807, 2.05) is 31.3 Å². The summed E-state index contributed by atoms with van der Waals surface area (Å²) in [7, 11) is 1.86. The van der Waals surface area contributed by atoms with Gasteiger partial charge in [0.25, 0.3) is 5.24 Å². The zero-order valence-corrected chi connectivity index (χ0v) is 21.6. The Morgan fingerprint density at radius 2 is 1.71 bits per heavy atom. The van der Waals surface area contributed by atoms with Crippen LogP contribution in [0.1, 0.15) is 63.4 Å². The van der Waals surface area contributed by atoms with Gasteiger partial charge in [0.1, 0.15) is 12.4 Å². The van der Waals surface area contributed by atoms with Gasteiger partial charge >= 0.3 is 0 Å². The number of carbonyl (C=O) groups is 3. The van der Waals surface area contributed by atoms with Crippen LogP contribution < -0.4 is 10.1 Å². The average Bonchev–Trinajstić information content (AvgIpc) is 3.14. The van der Waals surface area contributed by atoms with Gasteiger partial charge in [0.2, 0.25) is 11.8 Å². The normalized spacial score (nSPS) is 31.0. The molecule has 1 unspecified atom stereocenters. The topological polar surface area (TPSA) is 75.7 Å². The highest BCUT2D eigenvalue weighted by molar-refractivity contribution is 8.15. The quantitative estimate of drug-likeness (QED) is 0.432. The number of thioether (sulfide) groups is 1. The molecule has 1 atom stereocenters.